The minimum Gasteiger partial charge on any atom is -0.465 e. The molecule has 29 nitrogen and oxygen atoms in total. The fraction of sp³-hybridized carbons (Fsp3) is 0.714. The molecule has 0 radical (unpaired) electrons. The van der Waals surface area contributed by atoms with Crippen LogP contribution in [0.3, 0.4) is 0 Å². The maximum absolute atomic E-state index is 14.3. The molecule has 3 aliphatic rings. The summed E-state index contributed by atoms with van der Waals surface area (Å²) in [6, 6.07) is -1.26. The fourth-order valence-corrected chi connectivity index (χ4v) is 7.74. The van der Waals surface area contributed by atoms with Crippen LogP contribution in [0.1, 0.15) is 68.2 Å². The van der Waals surface area contributed by atoms with E-state index >= 15 is 0 Å². The maximum Gasteiger partial charge on any atom is 0.366 e. The van der Waals surface area contributed by atoms with E-state index in [1.807, 2.05) is 0 Å². The third-order valence-electron chi connectivity index (χ3n) is 10.1. The molecule has 3 fully saturated rings. The third kappa shape index (κ3) is 16.3. The summed E-state index contributed by atoms with van der Waals surface area (Å²) < 4.78 is 90.7. The van der Waals surface area contributed by atoms with Gasteiger partial charge in [0.05, 0.1) is 40.5 Å². The highest BCUT2D eigenvalue weighted by Crippen LogP contribution is 2.44. The van der Waals surface area contributed by atoms with E-state index in [1.165, 1.54) is 6.08 Å². The number of nitrogens with zero attached hydrogens (tertiary/aromatic N) is 3. The predicted molar refractivity (Wildman–Crippen MR) is 224 cm³/mol. The van der Waals surface area contributed by atoms with E-state index in [-0.39, 0.29) is 0 Å². The summed E-state index contributed by atoms with van der Waals surface area (Å²) in [5.74, 6) is -16.3. The first-order valence-electron chi connectivity index (χ1n) is 21.4. The van der Waals surface area contributed by atoms with Crippen molar-refractivity contribution in [1.29, 1.82) is 0 Å². The lowest BCUT2D eigenvalue weighted by Gasteiger charge is -2.51. The summed E-state index contributed by atoms with van der Waals surface area (Å²) in [4.78, 5) is 131. The molecule has 0 amide bonds. The highest BCUT2D eigenvalue weighted by Gasteiger charge is 2.64. The van der Waals surface area contributed by atoms with Crippen LogP contribution < -0.4 is 0 Å². The SMILES string of the molecule is C=CCO[C@]1(C(=O)OC)C[C@@H](O[C@]2(C(=O)OC)C[C@@H](OC(C)=O)[C@@H](OC(C)=O)[C@@H]([C@@H](COC(C)=O)OC(C)=O)O2)[C@@H](OC(C)=O)[C@@H]([C@@H](CO[C@H]2OC[C@H](N=[N+]=[N-])[C@H](OC(C)=O)[C@H]2OC(C)=O)OC(C)=O)O1. The highest BCUT2D eigenvalue weighted by molar-refractivity contribution is 5.79. The minimum absolute atomic E-state index is 0.488. The zero-order chi connectivity index (χ0) is 53.4. The Labute approximate surface area is 405 Å². The van der Waals surface area contributed by atoms with Crippen molar-refractivity contribution in [3.8, 4) is 0 Å². The number of methoxy groups -OCH3 is 2. The van der Waals surface area contributed by atoms with Gasteiger partial charge in [0.1, 0.15) is 37.1 Å². The molecule has 0 N–H and O–H groups in total. The lowest BCUT2D eigenvalue weighted by molar-refractivity contribution is -0.375. The van der Waals surface area contributed by atoms with Crippen LogP contribution in [0.5, 0.6) is 0 Å². The van der Waals surface area contributed by atoms with Crippen LogP contribution in [-0.4, -0.2) is 185 Å². The van der Waals surface area contributed by atoms with Crippen molar-refractivity contribution in [2.75, 3.05) is 40.6 Å². The summed E-state index contributed by atoms with van der Waals surface area (Å²) >= 11 is 0. The standard InChI is InChI=1S/C42H57N3O26/c1-12-13-61-41(39(54)56-10)15-29(69-42(40(55)57-11)14-28(62-20(3)47)33(66-24(7)51)35(71-42)30(63-21(4)48)17-58-19(2)46)34(67-25(8)52)36(70-41)31(64-22(5)49)18-60-38-37(68-26(9)53)32(65-23(6)50)27(16-59-38)44-45-43/h12,27-38H,1,13-18H2,2-11H3/t27-,28+,29+,30+,31+,32-,33+,34+,35+,36+,37+,38+,41+,42+/m0/s1. The highest BCUT2D eigenvalue weighted by atomic mass is 16.8. The van der Waals surface area contributed by atoms with Gasteiger partial charge in [-0.05, 0) is 5.53 Å². The first-order chi connectivity index (χ1) is 33.4. The number of esters is 10. The average molecular weight is 1020 g/mol. The largest absolute Gasteiger partial charge is 0.465 e. The van der Waals surface area contributed by atoms with Crippen molar-refractivity contribution in [3.63, 3.8) is 0 Å². The second-order valence-corrected chi connectivity index (χ2v) is 15.7. The smallest absolute Gasteiger partial charge is 0.366 e. The van der Waals surface area contributed by atoms with Crippen molar-refractivity contribution >= 4 is 59.7 Å². The zero-order valence-corrected chi connectivity index (χ0v) is 40.4. The van der Waals surface area contributed by atoms with E-state index in [9.17, 15) is 53.5 Å². The molecule has 0 saturated carbocycles. The summed E-state index contributed by atoms with van der Waals surface area (Å²) in [5.41, 5.74) is 9.19. The van der Waals surface area contributed by atoms with Crippen molar-refractivity contribution < 1.29 is 124 Å². The van der Waals surface area contributed by atoms with E-state index in [0.717, 1.165) is 69.6 Å². The van der Waals surface area contributed by atoms with Gasteiger partial charge in [-0.3, -0.25) is 38.4 Å². The average Bonchev–Trinajstić information content (AvgIpc) is 3.27. The van der Waals surface area contributed by atoms with E-state index in [1.54, 1.807) is 0 Å². The molecule has 3 aliphatic heterocycles. The molecule has 0 unspecified atom stereocenters. The van der Waals surface area contributed by atoms with E-state index < -0.39 is 184 Å². The van der Waals surface area contributed by atoms with E-state index in [0.29, 0.717) is 0 Å². The van der Waals surface area contributed by atoms with Crippen LogP contribution in [0.4, 0.5) is 0 Å². The summed E-state index contributed by atoms with van der Waals surface area (Å²) in [5, 5.41) is 3.56. The van der Waals surface area contributed by atoms with Crippen molar-refractivity contribution in [3.05, 3.63) is 23.1 Å². The Morgan fingerprint density at radius 2 is 1.10 bits per heavy atom. The molecule has 0 aliphatic carbocycles. The van der Waals surface area contributed by atoms with Gasteiger partial charge in [-0.2, -0.15) is 0 Å². The number of carbonyl (C=O) groups excluding carboxylic acids is 10. The first-order valence-corrected chi connectivity index (χ1v) is 21.4. The van der Waals surface area contributed by atoms with Crippen LogP contribution in [0.2, 0.25) is 0 Å². The molecule has 0 aromatic rings. The number of carbonyl (C=O) groups is 10. The molecule has 0 spiro atoms. The second-order valence-electron chi connectivity index (χ2n) is 15.7. The van der Waals surface area contributed by atoms with Crippen LogP contribution in [0.25, 0.3) is 10.4 Å². The normalized spacial score (nSPS) is 29.9. The van der Waals surface area contributed by atoms with Crippen LogP contribution in [0, 0.1) is 0 Å². The monoisotopic (exact) mass is 1020 g/mol. The van der Waals surface area contributed by atoms with Gasteiger partial charge in [-0.25, -0.2) is 9.59 Å². The van der Waals surface area contributed by atoms with E-state index in [4.69, 9.17) is 75.8 Å². The number of hydrogen-bond acceptors (Lipinski definition) is 27. The molecule has 3 heterocycles. The molecule has 3 rings (SSSR count). The number of azide groups is 1. The number of hydrogen-bond donors (Lipinski definition) is 0. The Hall–Kier alpha value is -6.49. The summed E-state index contributed by atoms with van der Waals surface area (Å²) in [7, 11) is 1.81. The molecule has 29 heteroatoms. The fourth-order valence-electron chi connectivity index (χ4n) is 7.74. The van der Waals surface area contributed by atoms with E-state index in [2.05, 4.69) is 16.6 Å². The van der Waals surface area contributed by atoms with Gasteiger partial charge in [0.2, 0.25) is 0 Å². The van der Waals surface area contributed by atoms with Crippen LogP contribution >= 0.6 is 0 Å². The molecular weight excluding hydrogens is 962 g/mol. The summed E-state index contributed by atoms with van der Waals surface area (Å²) in [6.07, 6.45) is -20.7. The zero-order valence-electron chi connectivity index (χ0n) is 40.4. The van der Waals surface area contributed by atoms with Gasteiger partial charge in [0.25, 0.3) is 11.6 Å². The quantitative estimate of drug-likeness (QED) is 0.0345. The van der Waals surface area contributed by atoms with Crippen molar-refractivity contribution in [1.82, 2.24) is 0 Å². The third-order valence-corrected chi connectivity index (χ3v) is 10.1. The van der Waals surface area contributed by atoms with Gasteiger partial charge in [0, 0.05) is 66.7 Å². The van der Waals surface area contributed by atoms with Crippen LogP contribution in [0.15, 0.2) is 17.8 Å². The molecule has 396 valence electrons. The van der Waals surface area contributed by atoms with Gasteiger partial charge in [0.15, 0.2) is 42.9 Å². The Kier molecular flexibility index (Phi) is 22.1. The lowest BCUT2D eigenvalue weighted by atomic mass is 9.89. The Morgan fingerprint density at radius 1 is 0.634 bits per heavy atom. The molecule has 71 heavy (non-hydrogen) atoms. The van der Waals surface area contributed by atoms with Gasteiger partial charge < -0.3 is 75.8 Å². The molecule has 0 bridgehead atoms. The number of ether oxygens (including phenoxy) is 16. The summed E-state index contributed by atoms with van der Waals surface area (Å²) in [6.45, 7) is 8.66. The molecule has 14 atom stereocenters. The Bertz CT molecular complexity index is 2040. The minimum atomic E-state index is -2.97. The number of rotatable bonds is 22. The van der Waals surface area contributed by atoms with Gasteiger partial charge >= 0.3 is 59.7 Å². The second kappa shape index (κ2) is 26.6. The van der Waals surface area contributed by atoms with Crippen LogP contribution in [-0.2, 0) is 124 Å². The molecule has 0 aromatic carbocycles. The Morgan fingerprint density at radius 3 is 1.58 bits per heavy atom. The van der Waals surface area contributed by atoms with Crippen molar-refractivity contribution in [2.24, 2.45) is 5.11 Å². The lowest BCUT2D eigenvalue weighted by Crippen LogP contribution is -2.69. The first kappa shape index (κ1) is 58.8. The molecule has 0 aromatic heterocycles. The van der Waals surface area contributed by atoms with Crippen molar-refractivity contribution in [2.45, 2.75) is 153 Å². The van der Waals surface area contributed by atoms with Gasteiger partial charge in [-0.1, -0.05) is 11.2 Å². The molecular formula is C42H57N3O26. The molecule has 3 saturated heterocycles. The maximum atomic E-state index is 14.3. The predicted octanol–water partition coefficient (Wildman–Crippen LogP) is 0.0274. The Balaban J connectivity index is 2.37. The van der Waals surface area contributed by atoms with Gasteiger partial charge in [-0.15, -0.1) is 6.58 Å². The topological polar surface area (TPSA) is 367 Å².